The SMILES string of the molecule is CC/C=C\C/C=C\C/C=C\C/C=C\C/C=C\C/C=C\C(CC(=O)NC(CO)C(O)CCCCCCCCCCCCCC)OC(=O)CCCCCCCCCCCCC. The lowest BCUT2D eigenvalue weighted by molar-refractivity contribution is -0.148. The molecule has 0 heterocycles. The second-order valence-corrected chi connectivity index (χ2v) is 16.5. The zero-order valence-electron chi connectivity index (χ0n) is 38.6. The number of hydrogen-bond acceptors (Lipinski definition) is 5. The van der Waals surface area contributed by atoms with Gasteiger partial charge in [-0.2, -0.15) is 0 Å². The van der Waals surface area contributed by atoms with Gasteiger partial charge in [0.2, 0.25) is 5.91 Å². The number of carbonyl (C=O) groups is 2. The van der Waals surface area contributed by atoms with Crippen LogP contribution in [0.15, 0.2) is 72.9 Å². The van der Waals surface area contributed by atoms with Gasteiger partial charge >= 0.3 is 5.97 Å². The van der Waals surface area contributed by atoms with Gasteiger partial charge in [-0.05, 0) is 57.4 Å². The van der Waals surface area contributed by atoms with Crippen molar-refractivity contribution in [1.29, 1.82) is 0 Å². The molecule has 340 valence electrons. The van der Waals surface area contributed by atoms with Crippen LogP contribution in [0.3, 0.4) is 0 Å². The van der Waals surface area contributed by atoms with E-state index < -0.39 is 18.2 Å². The molecule has 0 aromatic carbocycles. The number of allylic oxidation sites excluding steroid dienone is 11. The summed E-state index contributed by atoms with van der Waals surface area (Å²) in [4.78, 5) is 26.0. The Bertz CT molecular complexity index is 1110. The summed E-state index contributed by atoms with van der Waals surface area (Å²) in [5, 5.41) is 23.6. The van der Waals surface area contributed by atoms with Crippen molar-refractivity contribution in [3.8, 4) is 0 Å². The van der Waals surface area contributed by atoms with Crippen molar-refractivity contribution in [3.63, 3.8) is 0 Å². The average Bonchev–Trinajstić information content (AvgIpc) is 3.23. The Balaban J connectivity index is 4.78. The van der Waals surface area contributed by atoms with Gasteiger partial charge in [-0.25, -0.2) is 0 Å². The Hall–Kier alpha value is -2.70. The van der Waals surface area contributed by atoms with Gasteiger partial charge in [0.05, 0.1) is 25.2 Å². The van der Waals surface area contributed by atoms with Crippen molar-refractivity contribution < 1.29 is 24.5 Å². The smallest absolute Gasteiger partial charge is 0.306 e. The van der Waals surface area contributed by atoms with Crippen LogP contribution < -0.4 is 5.32 Å². The summed E-state index contributed by atoms with van der Waals surface area (Å²) in [7, 11) is 0. The lowest BCUT2D eigenvalue weighted by atomic mass is 10.0. The van der Waals surface area contributed by atoms with Crippen LogP contribution in [0, 0.1) is 0 Å². The van der Waals surface area contributed by atoms with Crippen LogP contribution in [-0.2, 0) is 14.3 Å². The van der Waals surface area contributed by atoms with E-state index in [9.17, 15) is 19.8 Å². The summed E-state index contributed by atoms with van der Waals surface area (Å²) in [6, 6.07) is -0.742. The number of esters is 1. The predicted molar refractivity (Wildman–Crippen MR) is 255 cm³/mol. The highest BCUT2D eigenvalue weighted by Gasteiger charge is 2.23. The van der Waals surface area contributed by atoms with Crippen LogP contribution in [-0.4, -0.2) is 46.9 Å². The summed E-state index contributed by atoms with van der Waals surface area (Å²) in [5.41, 5.74) is 0. The molecule has 3 atom stereocenters. The molecule has 0 aliphatic rings. The summed E-state index contributed by atoms with van der Waals surface area (Å²) >= 11 is 0. The molecular formula is C53H93NO5. The highest BCUT2D eigenvalue weighted by Crippen LogP contribution is 2.16. The van der Waals surface area contributed by atoms with Gasteiger partial charge in [0.15, 0.2) is 0 Å². The third-order valence-electron chi connectivity index (χ3n) is 10.8. The minimum atomic E-state index is -0.819. The fourth-order valence-corrected chi connectivity index (χ4v) is 7.07. The number of aliphatic hydroxyl groups is 2. The van der Waals surface area contributed by atoms with Crippen molar-refractivity contribution in [2.75, 3.05) is 6.61 Å². The Labute approximate surface area is 364 Å². The average molecular weight is 824 g/mol. The van der Waals surface area contributed by atoms with Crippen molar-refractivity contribution in [2.45, 2.75) is 244 Å². The maximum absolute atomic E-state index is 13.1. The van der Waals surface area contributed by atoms with Crippen LogP contribution in [0.1, 0.15) is 226 Å². The molecule has 0 aromatic heterocycles. The van der Waals surface area contributed by atoms with Gasteiger partial charge in [-0.1, -0.05) is 229 Å². The number of nitrogens with one attached hydrogen (secondary N) is 1. The normalized spacial score (nSPS) is 13.9. The van der Waals surface area contributed by atoms with Crippen molar-refractivity contribution in [2.24, 2.45) is 0 Å². The van der Waals surface area contributed by atoms with Crippen LogP contribution in [0.5, 0.6) is 0 Å². The Morgan fingerprint density at radius 1 is 0.508 bits per heavy atom. The van der Waals surface area contributed by atoms with Crippen LogP contribution in [0.2, 0.25) is 0 Å². The molecule has 3 N–H and O–H groups in total. The van der Waals surface area contributed by atoms with Gasteiger partial charge in [-0.15, -0.1) is 0 Å². The molecule has 1 amide bonds. The van der Waals surface area contributed by atoms with Crippen molar-refractivity contribution in [1.82, 2.24) is 5.32 Å². The number of rotatable bonds is 43. The molecule has 0 saturated heterocycles. The summed E-state index contributed by atoms with van der Waals surface area (Å²) < 4.78 is 5.81. The van der Waals surface area contributed by atoms with Gasteiger partial charge < -0.3 is 20.3 Å². The van der Waals surface area contributed by atoms with Crippen molar-refractivity contribution in [3.05, 3.63) is 72.9 Å². The van der Waals surface area contributed by atoms with E-state index in [4.69, 9.17) is 4.74 Å². The molecule has 6 nitrogen and oxygen atoms in total. The highest BCUT2D eigenvalue weighted by molar-refractivity contribution is 5.78. The number of aliphatic hydroxyl groups excluding tert-OH is 2. The number of unbranched alkanes of at least 4 members (excludes halogenated alkanes) is 21. The first-order chi connectivity index (χ1) is 29.0. The molecule has 0 bridgehead atoms. The Morgan fingerprint density at radius 3 is 1.29 bits per heavy atom. The summed E-state index contributed by atoms with van der Waals surface area (Å²) in [6.07, 6.45) is 58.5. The lowest BCUT2D eigenvalue weighted by Crippen LogP contribution is -2.46. The quantitative estimate of drug-likeness (QED) is 0.0323. The molecule has 0 aliphatic carbocycles. The van der Waals surface area contributed by atoms with E-state index >= 15 is 0 Å². The second kappa shape index (κ2) is 46.4. The molecule has 0 aromatic rings. The first-order valence-corrected chi connectivity index (χ1v) is 24.7. The topological polar surface area (TPSA) is 95.9 Å². The van der Waals surface area contributed by atoms with Gasteiger partial charge in [0, 0.05) is 6.42 Å². The molecule has 6 heteroatoms. The fourth-order valence-electron chi connectivity index (χ4n) is 7.07. The lowest BCUT2D eigenvalue weighted by Gasteiger charge is -2.23. The number of amides is 1. The molecule has 0 radical (unpaired) electrons. The number of ether oxygens (including phenoxy) is 1. The minimum Gasteiger partial charge on any atom is -0.458 e. The van der Waals surface area contributed by atoms with Gasteiger partial charge in [-0.3, -0.25) is 9.59 Å². The van der Waals surface area contributed by atoms with Crippen molar-refractivity contribution >= 4 is 11.9 Å². The number of carbonyl (C=O) groups excluding carboxylic acids is 2. The molecule has 0 saturated carbocycles. The zero-order chi connectivity index (χ0) is 43.1. The van der Waals surface area contributed by atoms with E-state index in [0.717, 1.165) is 70.6 Å². The summed E-state index contributed by atoms with van der Waals surface area (Å²) in [5.74, 6) is -0.631. The molecule has 59 heavy (non-hydrogen) atoms. The van der Waals surface area contributed by atoms with Gasteiger partial charge in [0.25, 0.3) is 0 Å². The Kier molecular flexibility index (Phi) is 44.2. The van der Waals surface area contributed by atoms with Crippen LogP contribution in [0.25, 0.3) is 0 Å². The summed E-state index contributed by atoms with van der Waals surface area (Å²) in [6.45, 7) is 6.31. The fraction of sp³-hybridized carbons (Fsp3) is 0.736. The first kappa shape index (κ1) is 56.3. The maximum Gasteiger partial charge on any atom is 0.306 e. The van der Waals surface area contributed by atoms with E-state index in [-0.39, 0.29) is 24.9 Å². The first-order valence-electron chi connectivity index (χ1n) is 24.7. The molecule has 0 fully saturated rings. The molecular weight excluding hydrogens is 731 g/mol. The standard InChI is InChI=1S/C53H93NO5/c1-4-7-10-13-16-19-22-24-25-26-27-28-30-32-35-38-41-44-49(59-53(58)46-43-40-37-34-29-21-18-15-12-9-6-3)47-52(57)54-50(48-55)51(56)45-42-39-36-33-31-23-20-17-14-11-8-5-2/h7,10,16,19,24-25,27-28,32,35,41,44,49-51,55-56H,4-6,8-9,11-15,17-18,20-23,26,29-31,33-34,36-40,42-43,45-48H2,1-3H3,(H,54,57)/b10-7-,19-16-,25-24-,28-27-,35-32-,44-41-. The largest absolute Gasteiger partial charge is 0.458 e. The van der Waals surface area contributed by atoms with Gasteiger partial charge in [0.1, 0.15) is 6.10 Å². The van der Waals surface area contributed by atoms with E-state index in [1.54, 1.807) is 6.08 Å². The predicted octanol–water partition coefficient (Wildman–Crippen LogP) is 14.6. The zero-order valence-corrected chi connectivity index (χ0v) is 38.6. The third-order valence-corrected chi connectivity index (χ3v) is 10.8. The third kappa shape index (κ3) is 41.8. The molecule has 3 unspecified atom stereocenters. The highest BCUT2D eigenvalue weighted by atomic mass is 16.5. The molecule has 0 aliphatic heterocycles. The maximum atomic E-state index is 13.1. The van der Waals surface area contributed by atoms with E-state index in [2.05, 4.69) is 86.8 Å². The Morgan fingerprint density at radius 2 is 0.881 bits per heavy atom. The van der Waals surface area contributed by atoms with E-state index in [0.29, 0.717) is 19.3 Å². The number of hydrogen-bond donors (Lipinski definition) is 3. The monoisotopic (exact) mass is 824 g/mol. The van der Waals surface area contributed by atoms with E-state index in [1.165, 1.54) is 109 Å². The van der Waals surface area contributed by atoms with Crippen LogP contribution in [0.4, 0.5) is 0 Å². The second-order valence-electron chi connectivity index (χ2n) is 16.5. The molecule has 0 rings (SSSR count). The minimum absolute atomic E-state index is 0.0476. The molecule has 0 spiro atoms. The van der Waals surface area contributed by atoms with Crippen LogP contribution >= 0.6 is 0 Å². The van der Waals surface area contributed by atoms with E-state index in [1.807, 2.05) is 6.08 Å².